The fourth-order valence-corrected chi connectivity index (χ4v) is 2.77. The van der Waals surface area contributed by atoms with E-state index in [0.717, 1.165) is 11.1 Å². The van der Waals surface area contributed by atoms with Gasteiger partial charge >= 0.3 is 5.97 Å². The summed E-state index contributed by atoms with van der Waals surface area (Å²) in [4.78, 5) is 35.6. The van der Waals surface area contributed by atoms with Crippen molar-refractivity contribution in [3.05, 3.63) is 57.6 Å². The van der Waals surface area contributed by atoms with Crippen molar-refractivity contribution < 1.29 is 19.1 Å². The molecule has 6 nitrogen and oxygen atoms in total. The van der Waals surface area contributed by atoms with Crippen LogP contribution in [0.5, 0.6) is 0 Å². The van der Waals surface area contributed by atoms with Crippen LogP contribution in [0.15, 0.2) is 36.4 Å². The van der Waals surface area contributed by atoms with Gasteiger partial charge in [0.1, 0.15) is 0 Å². The zero-order chi connectivity index (χ0) is 21.4. The van der Waals surface area contributed by atoms with Gasteiger partial charge in [-0.1, -0.05) is 35.3 Å². The zero-order valence-electron chi connectivity index (χ0n) is 16.2. The predicted molar refractivity (Wildman–Crippen MR) is 114 cm³/mol. The molecule has 8 heteroatoms. The third kappa shape index (κ3) is 7.75. The Morgan fingerprint density at radius 1 is 0.897 bits per heavy atom. The Bertz CT molecular complexity index is 916. The van der Waals surface area contributed by atoms with Crippen molar-refractivity contribution in [3.63, 3.8) is 0 Å². The number of amides is 2. The highest BCUT2D eigenvalue weighted by molar-refractivity contribution is 6.31. The molecule has 2 rings (SSSR count). The SMILES string of the molecule is Cc1ccc(NC(=O)CCCC(=O)OCC(=O)Nc2cc(Cl)ccc2C)cc1Cl. The Kier molecular flexibility index (Phi) is 8.49. The van der Waals surface area contributed by atoms with Crippen molar-refractivity contribution in [2.45, 2.75) is 33.1 Å². The molecule has 0 aliphatic rings. The molecule has 0 saturated heterocycles. The van der Waals surface area contributed by atoms with Gasteiger partial charge < -0.3 is 15.4 Å². The number of nitrogens with one attached hydrogen (secondary N) is 2. The third-order valence-electron chi connectivity index (χ3n) is 4.08. The minimum atomic E-state index is -0.547. The van der Waals surface area contributed by atoms with E-state index in [-0.39, 0.29) is 18.7 Å². The average Bonchev–Trinajstić information content (AvgIpc) is 2.66. The van der Waals surface area contributed by atoms with Gasteiger partial charge in [-0.2, -0.15) is 0 Å². The van der Waals surface area contributed by atoms with E-state index in [1.165, 1.54) is 0 Å². The molecule has 2 aromatic rings. The molecule has 0 saturated carbocycles. The monoisotopic (exact) mass is 436 g/mol. The molecule has 0 bridgehead atoms. The summed E-state index contributed by atoms with van der Waals surface area (Å²) in [5.74, 6) is -1.24. The summed E-state index contributed by atoms with van der Waals surface area (Å²) in [5.41, 5.74) is 2.92. The van der Waals surface area contributed by atoms with Crippen molar-refractivity contribution in [2.24, 2.45) is 0 Å². The quantitative estimate of drug-likeness (QED) is 0.576. The molecule has 0 heterocycles. The minimum absolute atomic E-state index is 0.0333. The fraction of sp³-hybridized carbons (Fsp3) is 0.286. The Morgan fingerprint density at radius 2 is 1.62 bits per heavy atom. The number of halogens is 2. The van der Waals surface area contributed by atoms with Crippen LogP contribution in [0.25, 0.3) is 0 Å². The first-order valence-corrected chi connectivity index (χ1v) is 9.78. The lowest BCUT2D eigenvalue weighted by Gasteiger charge is -2.09. The summed E-state index contributed by atoms with van der Waals surface area (Å²) in [6.45, 7) is 3.29. The van der Waals surface area contributed by atoms with Crippen LogP contribution >= 0.6 is 23.2 Å². The number of hydrogen-bond acceptors (Lipinski definition) is 4. The van der Waals surface area contributed by atoms with Crippen LogP contribution in [0.2, 0.25) is 10.0 Å². The van der Waals surface area contributed by atoms with E-state index < -0.39 is 18.5 Å². The van der Waals surface area contributed by atoms with E-state index in [2.05, 4.69) is 10.6 Å². The van der Waals surface area contributed by atoms with Crippen LogP contribution in [0, 0.1) is 13.8 Å². The Balaban J connectivity index is 1.67. The van der Waals surface area contributed by atoms with Crippen LogP contribution in [0.4, 0.5) is 11.4 Å². The lowest BCUT2D eigenvalue weighted by Crippen LogP contribution is -2.21. The highest BCUT2D eigenvalue weighted by Gasteiger charge is 2.11. The fourth-order valence-electron chi connectivity index (χ4n) is 2.42. The predicted octanol–water partition coefficient (Wildman–Crippen LogP) is 4.90. The first kappa shape index (κ1) is 22.7. The summed E-state index contributed by atoms with van der Waals surface area (Å²) >= 11 is 11.9. The number of rotatable bonds is 8. The van der Waals surface area contributed by atoms with Crippen molar-refractivity contribution >= 4 is 52.4 Å². The Hall–Kier alpha value is -2.57. The molecule has 0 aliphatic heterocycles. The number of carbonyl (C=O) groups is 3. The second-order valence-corrected chi connectivity index (χ2v) is 7.38. The number of esters is 1. The molecule has 0 atom stereocenters. The molecule has 2 amide bonds. The maximum atomic E-state index is 11.9. The Labute approximate surface area is 179 Å². The van der Waals surface area contributed by atoms with Crippen LogP contribution < -0.4 is 10.6 Å². The van der Waals surface area contributed by atoms with E-state index in [1.807, 2.05) is 19.9 Å². The van der Waals surface area contributed by atoms with Gasteiger partial charge in [-0.25, -0.2) is 0 Å². The number of anilines is 2. The van der Waals surface area contributed by atoms with Crippen molar-refractivity contribution in [2.75, 3.05) is 17.2 Å². The van der Waals surface area contributed by atoms with E-state index >= 15 is 0 Å². The minimum Gasteiger partial charge on any atom is -0.456 e. The van der Waals surface area contributed by atoms with Gasteiger partial charge in [0.25, 0.3) is 5.91 Å². The van der Waals surface area contributed by atoms with Crippen molar-refractivity contribution in [1.29, 1.82) is 0 Å². The van der Waals surface area contributed by atoms with Gasteiger partial charge in [0.05, 0.1) is 0 Å². The van der Waals surface area contributed by atoms with Crippen LogP contribution in [-0.2, 0) is 19.1 Å². The maximum absolute atomic E-state index is 11.9. The summed E-state index contributed by atoms with van der Waals surface area (Å²) in [7, 11) is 0. The molecule has 154 valence electrons. The summed E-state index contributed by atoms with van der Waals surface area (Å²) in [5, 5.41) is 6.42. The maximum Gasteiger partial charge on any atom is 0.306 e. The number of benzene rings is 2. The van der Waals surface area contributed by atoms with Crippen LogP contribution in [0.3, 0.4) is 0 Å². The standard InChI is InChI=1S/C21H22Cl2N2O4/c1-13-7-9-16(11-17(13)23)24-19(26)4-3-5-21(28)29-12-20(27)25-18-10-15(22)8-6-14(18)2/h6-11H,3-5,12H2,1-2H3,(H,24,26)(H,25,27). The van der Waals surface area contributed by atoms with E-state index in [1.54, 1.807) is 30.3 Å². The van der Waals surface area contributed by atoms with E-state index in [4.69, 9.17) is 27.9 Å². The first-order valence-electron chi connectivity index (χ1n) is 9.02. The van der Waals surface area contributed by atoms with Gasteiger partial charge in [-0.05, 0) is 55.7 Å². The topological polar surface area (TPSA) is 84.5 Å². The molecule has 2 aromatic carbocycles. The largest absolute Gasteiger partial charge is 0.456 e. The molecule has 0 spiro atoms. The number of ether oxygens (including phenoxy) is 1. The zero-order valence-corrected chi connectivity index (χ0v) is 17.7. The lowest BCUT2D eigenvalue weighted by molar-refractivity contribution is -0.147. The molecule has 29 heavy (non-hydrogen) atoms. The molecule has 2 N–H and O–H groups in total. The third-order valence-corrected chi connectivity index (χ3v) is 4.72. The molecule has 0 fully saturated rings. The molecule has 0 aromatic heterocycles. The normalized spacial score (nSPS) is 10.3. The number of carbonyl (C=O) groups excluding carboxylic acids is 3. The molecular weight excluding hydrogens is 415 g/mol. The van der Waals surface area contributed by atoms with Crippen molar-refractivity contribution in [3.8, 4) is 0 Å². The lowest BCUT2D eigenvalue weighted by atomic mass is 10.2. The Morgan fingerprint density at radius 3 is 2.34 bits per heavy atom. The summed E-state index contributed by atoms with van der Waals surface area (Å²) in [6.07, 6.45) is 0.485. The van der Waals surface area contributed by atoms with Crippen LogP contribution in [0.1, 0.15) is 30.4 Å². The van der Waals surface area contributed by atoms with Gasteiger partial charge in [0, 0.05) is 34.3 Å². The van der Waals surface area contributed by atoms with Crippen LogP contribution in [-0.4, -0.2) is 24.4 Å². The summed E-state index contributed by atoms with van der Waals surface area (Å²) in [6, 6.07) is 10.4. The van der Waals surface area contributed by atoms with Gasteiger partial charge in [0.2, 0.25) is 5.91 Å². The van der Waals surface area contributed by atoms with Crippen molar-refractivity contribution in [1.82, 2.24) is 0 Å². The second kappa shape index (κ2) is 10.8. The van der Waals surface area contributed by atoms with Gasteiger partial charge in [-0.15, -0.1) is 0 Å². The smallest absolute Gasteiger partial charge is 0.306 e. The second-order valence-electron chi connectivity index (χ2n) is 6.53. The number of aryl methyl sites for hydroxylation is 2. The summed E-state index contributed by atoms with van der Waals surface area (Å²) < 4.78 is 4.94. The van der Waals surface area contributed by atoms with E-state index in [9.17, 15) is 14.4 Å². The van der Waals surface area contributed by atoms with Gasteiger partial charge in [0.15, 0.2) is 6.61 Å². The molecular formula is C21H22Cl2N2O4. The first-order chi connectivity index (χ1) is 13.7. The highest BCUT2D eigenvalue weighted by Crippen LogP contribution is 2.21. The average molecular weight is 437 g/mol. The van der Waals surface area contributed by atoms with E-state index in [0.29, 0.717) is 27.8 Å². The highest BCUT2D eigenvalue weighted by atomic mass is 35.5. The molecule has 0 radical (unpaired) electrons. The molecule has 0 aliphatic carbocycles. The number of hydrogen-bond donors (Lipinski definition) is 2. The molecule has 0 unspecified atom stereocenters. The van der Waals surface area contributed by atoms with Gasteiger partial charge in [-0.3, -0.25) is 14.4 Å².